The van der Waals surface area contributed by atoms with E-state index >= 15 is 0 Å². The number of hydrogen-bond donors (Lipinski definition) is 2. The van der Waals surface area contributed by atoms with Crippen LogP contribution >= 0.6 is 11.6 Å². The topological polar surface area (TPSA) is 58.6 Å². The number of halogens is 1. The maximum Gasteiger partial charge on any atom is 0.150 e. The molecule has 3 N–H and O–H groups in total. The zero-order chi connectivity index (χ0) is 11.8. The summed E-state index contributed by atoms with van der Waals surface area (Å²) in [4.78, 5) is 0. The summed E-state index contributed by atoms with van der Waals surface area (Å²) >= 11 is 5.88. The molecule has 2 saturated carbocycles. The molecule has 0 unspecified atom stereocenters. The van der Waals surface area contributed by atoms with Crippen LogP contribution in [0.3, 0.4) is 0 Å². The molecule has 2 fully saturated rings. The third-order valence-electron chi connectivity index (χ3n) is 4.52. The number of nitrogens with zero attached hydrogens (tertiary/aromatic N) is 1. The lowest BCUT2D eigenvalue weighted by atomic mass is 10.1. The first-order valence-electron chi connectivity index (χ1n) is 5.68. The SMILES string of the molecule is N/C(=N\O)[C@]12C3=C(c4ccc(Cl)cc4)C[C@@H]1[C@H]32. The van der Waals surface area contributed by atoms with Gasteiger partial charge in [-0.25, -0.2) is 0 Å². The van der Waals surface area contributed by atoms with Gasteiger partial charge >= 0.3 is 0 Å². The minimum Gasteiger partial charge on any atom is -0.409 e. The van der Waals surface area contributed by atoms with Gasteiger partial charge in [-0.2, -0.15) is 0 Å². The summed E-state index contributed by atoms with van der Waals surface area (Å²) in [5.41, 5.74) is 9.72. The van der Waals surface area contributed by atoms with Gasteiger partial charge in [0.25, 0.3) is 0 Å². The van der Waals surface area contributed by atoms with E-state index in [2.05, 4.69) is 5.16 Å². The minimum absolute atomic E-state index is 0.0519. The molecule has 0 amide bonds. The van der Waals surface area contributed by atoms with Crippen molar-refractivity contribution in [3.63, 3.8) is 0 Å². The predicted octanol–water partition coefficient (Wildman–Crippen LogP) is 2.49. The van der Waals surface area contributed by atoms with Crippen LogP contribution in [0.25, 0.3) is 5.57 Å². The molecule has 4 heteroatoms. The Kier molecular flexibility index (Phi) is 1.50. The van der Waals surface area contributed by atoms with Crippen molar-refractivity contribution in [2.75, 3.05) is 0 Å². The normalized spacial score (nSPS) is 37.1. The van der Waals surface area contributed by atoms with Gasteiger partial charge in [-0.1, -0.05) is 28.9 Å². The van der Waals surface area contributed by atoms with Gasteiger partial charge in [0.05, 0.1) is 5.41 Å². The van der Waals surface area contributed by atoms with Crippen molar-refractivity contribution in [3.05, 3.63) is 40.4 Å². The Bertz CT molecular complexity index is 590. The average molecular weight is 247 g/mol. The van der Waals surface area contributed by atoms with E-state index in [4.69, 9.17) is 22.5 Å². The Balaban J connectivity index is 1.76. The van der Waals surface area contributed by atoms with Crippen molar-refractivity contribution in [2.24, 2.45) is 28.1 Å². The molecule has 0 saturated heterocycles. The highest BCUT2D eigenvalue weighted by atomic mass is 35.5. The van der Waals surface area contributed by atoms with Gasteiger partial charge in [-0.3, -0.25) is 0 Å². The fraction of sp³-hybridized carbons (Fsp3) is 0.308. The molecular weight excluding hydrogens is 236 g/mol. The van der Waals surface area contributed by atoms with E-state index in [1.165, 1.54) is 16.7 Å². The van der Waals surface area contributed by atoms with Gasteiger partial charge in [0.2, 0.25) is 0 Å². The molecule has 4 aliphatic carbocycles. The summed E-state index contributed by atoms with van der Waals surface area (Å²) in [6.07, 6.45) is 1.05. The molecule has 0 aromatic heterocycles. The molecule has 86 valence electrons. The average Bonchev–Trinajstić information content (AvgIpc) is 3.09. The Morgan fingerprint density at radius 2 is 2.12 bits per heavy atom. The van der Waals surface area contributed by atoms with E-state index in [1.54, 1.807) is 0 Å². The number of benzene rings is 1. The summed E-state index contributed by atoms with van der Waals surface area (Å²) < 4.78 is 0. The Labute approximate surface area is 104 Å². The molecule has 3 nitrogen and oxygen atoms in total. The second-order valence-corrected chi connectivity index (χ2v) is 5.48. The maximum atomic E-state index is 8.82. The van der Waals surface area contributed by atoms with Gasteiger partial charge in [0.1, 0.15) is 5.84 Å². The predicted molar refractivity (Wildman–Crippen MR) is 65.8 cm³/mol. The van der Waals surface area contributed by atoms with Crippen LogP contribution in [0.5, 0.6) is 0 Å². The van der Waals surface area contributed by atoms with Crippen molar-refractivity contribution >= 4 is 23.0 Å². The number of fused-ring (bicyclic) bond motifs is 1. The molecule has 1 aromatic rings. The summed E-state index contributed by atoms with van der Waals surface area (Å²) in [5, 5.41) is 12.8. The first-order valence-corrected chi connectivity index (χ1v) is 6.06. The van der Waals surface area contributed by atoms with Gasteiger partial charge in [-0.15, -0.1) is 0 Å². The molecule has 0 aliphatic heterocycles. The lowest BCUT2D eigenvalue weighted by molar-refractivity contribution is 0.315. The zero-order valence-electron chi connectivity index (χ0n) is 9.02. The number of amidine groups is 1. The van der Waals surface area contributed by atoms with Crippen molar-refractivity contribution in [1.29, 1.82) is 0 Å². The molecule has 0 heterocycles. The number of nitrogens with two attached hydrogens (primary N) is 1. The summed E-state index contributed by atoms with van der Waals surface area (Å²) in [6, 6.07) is 7.91. The van der Waals surface area contributed by atoms with E-state index in [-0.39, 0.29) is 5.41 Å². The molecule has 2 bridgehead atoms. The number of rotatable bonds is 2. The third-order valence-corrected chi connectivity index (χ3v) is 4.77. The van der Waals surface area contributed by atoms with Crippen LogP contribution in [0.4, 0.5) is 0 Å². The molecule has 0 spiro atoms. The van der Waals surface area contributed by atoms with E-state index in [9.17, 15) is 0 Å². The van der Waals surface area contributed by atoms with Crippen molar-refractivity contribution in [3.8, 4) is 0 Å². The van der Waals surface area contributed by atoms with E-state index in [1.807, 2.05) is 24.3 Å². The Hall–Kier alpha value is -1.48. The highest BCUT2D eigenvalue weighted by Crippen LogP contribution is 2.91. The minimum atomic E-state index is -0.0519. The smallest absolute Gasteiger partial charge is 0.150 e. The molecule has 1 aromatic carbocycles. The summed E-state index contributed by atoms with van der Waals surface area (Å²) in [6.45, 7) is 0. The van der Waals surface area contributed by atoms with Crippen molar-refractivity contribution < 1.29 is 5.21 Å². The van der Waals surface area contributed by atoms with Crippen molar-refractivity contribution in [1.82, 2.24) is 0 Å². The molecular formula is C13H11ClN2O. The van der Waals surface area contributed by atoms with Crippen LogP contribution < -0.4 is 5.73 Å². The van der Waals surface area contributed by atoms with Crippen LogP contribution in [-0.2, 0) is 0 Å². The number of hydrogen-bond acceptors (Lipinski definition) is 2. The highest BCUT2D eigenvalue weighted by Gasteiger charge is 2.89. The lowest BCUT2D eigenvalue weighted by Gasteiger charge is -2.01. The second-order valence-electron chi connectivity index (χ2n) is 5.04. The molecule has 3 atom stereocenters. The van der Waals surface area contributed by atoms with E-state index < -0.39 is 0 Å². The first-order chi connectivity index (χ1) is 8.21. The standard InChI is InChI=1S/C13H11ClN2O/c14-7-3-1-6(2-4-7)8-5-9-11-10(8)13(9,11)12(15)16-17/h1-4,9,11,17H,5H2,(H2,15,16)/t9-,11-,13+/m1/s1. The van der Waals surface area contributed by atoms with E-state index in [0.29, 0.717) is 17.7 Å². The number of oxime groups is 1. The van der Waals surface area contributed by atoms with Gasteiger partial charge in [-0.05, 0) is 41.2 Å². The lowest BCUT2D eigenvalue weighted by Crippen LogP contribution is -2.21. The maximum absolute atomic E-state index is 8.82. The number of allylic oxidation sites excluding steroid dienone is 1. The van der Waals surface area contributed by atoms with Gasteiger partial charge < -0.3 is 10.9 Å². The van der Waals surface area contributed by atoms with Crippen LogP contribution in [0, 0.1) is 17.3 Å². The summed E-state index contributed by atoms with van der Waals surface area (Å²) in [7, 11) is 0. The second kappa shape index (κ2) is 2.67. The fourth-order valence-corrected chi connectivity index (χ4v) is 3.80. The largest absolute Gasteiger partial charge is 0.409 e. The van der Waals surface area contributed by atoms with Gasteiger partial charge in [0, 0.05) is 10.9 Å². The van der Waals surface area contributed by atoms with Crippen molar-refractivity contribution in [2.45, 2.75) is 6.42 Å². The first kappa shape index (κ1) is 9.54. The zero-order valence-corrected chi connectivity index (χ0v) is 9.78. The molecule has 5 rings (SSSR count). The fourth-order valence-electron chi connectivity index (χ4n) is 3.68. The molecule has 4 aliphatic rings. The van der Waals surface area contributed by atoms with Gasteiger partial charge in [0.15, 0.2) is 0 Å². The van der Waals surface area contributed by atoms with Crippen LogP contribution in [-0.4, -0.2) is 11.0 Å². The molecule has 0 radical (unpaired) electrons. The monoisotopic (exact) mass is 246 g/mol. The van der Waals surface area contributed by atoms with E-state index in [0.717, 1.165) is 11.4 Å². The third kappa shape index (κ3) is 0.892. The molecule has 17 heavy (non-hydrogen) atoms. The Morgan fingerprint density at radius 3 is 2.71 bits per heavy atom. The van der Waals surface area contributed by atoms with Crippen LogP contribution in [0.1, 0.15) is 12.0 Å². The summed E-state index contributed by atoms with van der Waals surface area (Å²) in [5.74, 6) is 1.54. The van der Waals surface area contributed by atoms with Crippen LogP contribution in [0.2, 0.25) is 5.02 Å². The Morgan fingerprint density at radius 1 is 1.41 bits per heavy atom. The quantitative estimate of drug-likeness (QED) is 0.365. The van der Waals surface area contributed by atoms with Crippen LogP contribution in [0.15, 0.2) is 35.0 Å². The highest BCUT2D eigenvalue weighted by molar-refractivity contribution is 6.30.